The number of aryl methyl sites for hydroxylation is 1. The molecule has 2 aliphatic heterocycles. The van der Waals surface area contributed by atoms with Crippen LogP contribution in [-0.4, -0.2) is 37.6 Å². The lowest BCUT2D eigenvalue weighted by molar-refractivity contribution is 0.302. The first kappa shape index (κ1) is 18.9. The highest BCUT2D eigenvalue weighted by Gasteiger charge is 2.30. The number of rotatable bonds is 3. The van der Waals surface area contributed by atoms with Crippen LogP contribution in [0.2, 0.25) is 5.02 Å². The number of halogens is 1. The summed E-state index contributed by atoms with van der Waals surface area (Å²) in [5.74, 6) is 1.51. The second kappa shape index (κ2) is 8.31. The average molecular weight is 408 g/mol. The van der Waals surface area contributed by atoms with E-state index in [1.807, 2.05) is 0 Å². The van der Waals surface area contributed by atoms with Gasteiger partial charge in [0.05, 0.1) is 0 Å². The van der Waals surface area contributed by atoms with E-state index in [1.54, 1.807) is 5.57 Å². The lowest BCUT2D eigenvalue weighted by Gasteiger charge is -2.44. The molecule has 1 aliphatic carbocycles. The summed E-state index contributed by atoms with van der Waals surface area (Å²) in [6.45, 7) is 5.47. The highest BCUT2D eigenvalue weighted by atomic mass is 35.5. The van der Waals surface area contributed by atoms with Crippen molar-refractivity contribution in [3.05, 3.63) is 70.5 Å². The first-order valence-electron chi connectivity index (χ1n) is 11.1. The van der Waals surface area contributed by atoms with Crippen LogP contribution in [0.15, 0.2) is 59.9 Å². The molecular weight excluding hydrogens is 378 g/mol. The maximum absolute atomic E-state index is 6.33. The molecule has 0 bridgehead atoms. The minimum atomic E-state index is 0.861. The van der Waals surface area contributed by atoms with E-state index in [2.05, 4.69) is 63.2 Å². The number of anilines is 2. The molecule has 4 heteroatoms. The summed E-state index contributed by atoms with van der Waals surface area (Å²) in [6.07, 6.45) is 7.48. The van der Waals surface area contributed by atoms with E-state index < -0.39 is 0 Å². The van der Waals surface area contributed by atoms with E-state index in [-0.39, 0.29) is 0 Å². The van der Waals surface area contributed by atoms with Gasteiger partial charge in [-0.2, -0.15) is 0 Å². The summed E-state index contributed by atoms with van der Waals surface area (Å²) in [7, 11) is 0. The molecule has 3 aliphatic rings. The van der Waals surface area contributed by atoms with Crippen LogP contribution in [0.4, 0.5) is 11.4 Å². The van der Waals surface area contributed by atoms with Crippen LogP contribution in [0.25, 0.3) is 0 Å². The SMILES string of the molecule is Clc1ccc2c(c1)CCCCN2C(=C1CCC1)N1CCN(c2ccccc2)CC1. The molecule has 2 fully saturated rings. The summed E-state index contributed by atoms with van der Waals surface area (Å²) >= 11 is 6.33. The van der Waals surface area contributed by atoms with Crippen molar-refractivity contribution < 1.29 is 0 Å². The van der Waals surface area contributed by atoms with Crippen molar-refractivity contribution in [2.24, 2.45) is 0 Å². The quantitative estimate of drug-likeness (QED) is 0.646. The fourth-order valence-corrected chi connectivity index (χ4v) is 5.12. The van der Waals surface area contributed by atoms with Crippen molar-refractivity contribution in [3.63, 3.8) is 0 Å². The molecule has 1 saturated carbocycles. The minimum absolute atomic E-state index is 0.861. The van der Waals surface area contributed by atoms with Crippen molar-refractivity contribution in [2.75, 3.05) is 42.5 Å². The summed E-state index contributed by atoms with van der Waals surface area (Å²) in [6, 6.07) is 17.3. The maximum Gasteiger partial charge on any atom is 0.108 e. The van der Waals surface area contributed by atoms with Gasteiger partial charge in [-0.25, -0.2) is 0 Å². The molecule has 2 aromatic rings. The van der Waals surface area contributed by atoms with Gasteiger partial charge in [0.1, 0.15) is 5.82 Å². The van der Waals surface area contributed by atoms with Gasteiger partial charge in [-0.1, -0.05) is 29.8 Å². The predicted molar refractivity (Wildman–Crippen MR) is 123 cm³/mol. The molecule has 0 radical (unpaired) electrons. The molecular formula is C25H30ClN3. The van der Waals surface area contributed by atoms with Gasteiger partial charge in [0.15, 0.2) is 0 Å². The lowest BCUT2D eigenvalue weighted by atomic mass is 9.91. The Morgan fingerprint density at radius 3 is 2.28 bits per heavy atom. The third-order valence-electron chi connectivity index (χ3n) is 6.64. The maximum atomic E-state index is 6.33. The molecule has 0 amide bonds. The van der Waals surface area contributed by atoms with Crippen LogP contribution < -0.4 is 9.80 Å². The Morgan fingerprint density at radius 2 is 1.55 bits per heavy atom. The van der Waals surface area contributed by atoms with Gasteiger partial charge in [0, 0.05) is 49.1 Å². The van der Waals surface area contributed by atoms with Crippen LogP contribution in [0.1, 0.15) is 37.7 Å². The molecule has 2 aromatic carbocycles. The molecule has 5 rings (SSSR count). The van der Waals surface area contributed by atoms with Crippen LogP contribution >= 0.6 is 11.6 Å². The van der Waals surface area contributed by atoms with E-state index in [0.29, 0.717) is 0 Å². The Morgan fingerprint density at radius 1 is 0.759 bits per heavy atom. The number of nitrogens with zero attached hydrogens (tertiary/aromatic N) is 3. The first-order valence-corrected chi connectivity index (χ1v) is 11.5. The Kier molecular flexibility index (Phi) is 5.41. The van der Waals surface area contributed by atoms with Crippen molar-refractivity contribution in [1.82, 2.24) is 4.90 Å². The molecule has 152 valence electrons. The third kappa shape index (κ3) is 3.85. The number of fused-ring (bicyclic) bond motifs is 1. The van der Waals surface area contributed by atoms with E-state index in [9.17, 15) is 0 Å². The van der Waals surface area contributed by atoms with Gasteiger partial charge in [-0.15, -0.1) is 0 Å². The molecule has 0 spiro atoms. The Hall–Kier alpha value is -2.13. The second-order valence-corrected chi connectivity index (χ2v) is 8.91. The summed E-state index contributed by atoms with van der Waals surface area (Å²) in [4.78, 5) is 7.82. The van der Waals surface area contributed by atoms with E-state index >= 15 is 0 Å². The average Bonchev–Trinajstić information content (AvgIpc) is 2.93. The van der Waals surface area contributed by atoms with Gasteiger partial charge in [-0.05, 0) is 80.0 Å². The van der Waals surface area contributed by atoms with Gasteiger partial charge < -0.3 is 14.7 Å². The van der Waals surface area contributed by atoms with Crippen molar-refractivity contribution in [3.8, 4) is 0 Å². The molecule has 1 saturated heterocycles. The zero-order chi connectivity index (χ0) is 19.6. The molecule has 0 unspecified atom stereocenters. The third-order valence-corrected chi connectivity index (χ3v) is 6.87. The fraction of sp³-hybridized carbons (Fsp3) is 0.440. The van der Waals surface area contributed by atoms with E-state index in [1.165, 1.54) is 54.9 Å². The monoisotopic (exact) mass is 407 g/mol. The molecule has 0 atom stereocenters. The number of piperazine rings is 1. The fourth-order valence-electron chi connectivity index (χ4n) is 4.92. The van der Waals surface area contributed by atoms with Gasteiger partial charge in [0.25, 0.3) is 0 Å². The van der Waals surface area contributed by atoms with Crippen molar-refractivity contribution in [2.45, 2.75) is 38.5 Å². The van der Waals surface area contributed by atoms with Gasteiger partial charge >= 0.3 is 0 Å². The van der Waals surface area contributed by atoms with E-state index in [4.69, 9.17) is 11.6 Å². The number of hydrogen-bond donors (Lipinski definition) is 0. The molecule has 2 heterocycles. The Bertz CT molecular complexity index is 878. The van der Waals surface area contributed by atoms with Gasteiger partial charge in [-0.3, -0.25) is 0 Å². The largest absolute Gasteiger partial charge is 0.368 e. The van der Waals surface area contributed by atoms with E-state index in [0.717, 1.165) is 44.2 Å². The number of para-hydroxylation sites is 1. The summed E-state index contributed by atoms with van der Waals surface area (Å²) < 4.78 is 0. The highest BCUT2D eigenvalue weighted by Crippen LogP contribution is 2.38. The summed E-state index contributed by atoms with van der Waals surface area (Å²) in [5.41, 5.74) is 5.79. The smallest absolute Gasteiger partial charge is 0.108 e. The predicted octanol–water partition coefficient (Wildman–Crippen LogP) is 5.70. The zero-order valence-electron chi connectivity index (χ0n) is 17.1. The lowest BCUT2D eigenvalue weighted by Crippen LogP contribution is -2.50. The number of benzene rings is 2. The van der Waals surface area contributed by atoms with Crippen molar-refractivity contribution in [1.29, 1.82) is 0 Å². The molecule has 0 N–H and O–H groups in total. The molecule has 0 aromatic heterocycles. The standard InChI is InChI=1S/C25H30ClN3/c26-22-12-13-24-21(19-22)7-4-5-14-29(24)25(20-8-6-9-20)28-17-15-27(16-18-28)23-10-2-1-3-11-23/h1-3,10-13,19H,4-9,14-18H2. The normalized spacial score (nSPS) is 19.5. The second-order valence-electron chi connectivity index (χ2n) is 8.47. The summed E-state index contributed by atoms with van der Waals surface area (Å²) in [5, 5.41) is 0.861. The molecule has 3 nitrogen and oxygen atoms in total. The van der Waals surface area contributed by atoms with Crippen LogP contribution in [-0.2, 0) is 6.42 Å². The highest BCUT2D eigenvalue weighted by molar-refractivity contribution is 6.30. The topological polar surface area (TPSA) is 9.72 Å². The molecule has 29 heavy (non-hydrogen) atoms. The zero-order valence-corrected chi connectivity index (χ0v) is 17.9. The Balaban J connectivity index is 1.42. The van der Waals surface area contributed by atoms with Gasteiger partial charge in [0.2, 0.25) is 0 Å². The van der Waals surface area contributed by atoms with Crippen LogP contribution in [0, 0.1) is 0 Å². The first-order chi connectivity index (χ1) is 14.3. The number of hydrogen-bond acceptors (Lipinski definition) is 3. The van der Waals surface area contributed by atoms with Crippen LogP contribution in [0.5, 0.6) is 0 Å². The minimum Gasteiger partial charge on any atom is -0.368 e. The van der Waals surface area contributed by atoms with Crippen LogP contribution in [0.3, 0.4) is 0 Å². The Labute approximate surface area is 179 Å². The van der Waals surface area contributed by atoms with Crippen molar-refractivity contribution >= 4 is 23.0 Å². The number of allylic oxidation sites excluding steroid dienone is 1.